The second-order valence-corrected chi connectivity index (χ2v) is 7.30. The molecule has 1 aliphatic rings. The molecule has 1 atom stereocenters. The van der Waals surface area contributed by atoms with Gasteiger partial charge in [0.05, 0.1) is 11.5 Å². The van der Waals surface area contributed by atoms with Crippen LogP contribution in [-0.4, -0.2) is 69.1 Å². The Hall–Kier alpha value is -1.64. The highest BCUT2D eigenvalue weighted by Crippen LogP contribution is 2.22. The van der Waals surface area contributed by atoms with Gasteiger partial charge in [0.2, 0.25) is 17.8 Å². The summed E-state index contributed by atoms with van der Waals surface area (Å²) in [6, 6.07) is -0.0814. The summed E-state index contributed by atoms with van der Waals surface area (Å²) in [5.74, 6) is 1.86. The molecular weight excluding hydrogens is 280 g/mol. The third kappa shape index (κ3) is 3.09. The van der Waals surface area contributed by atoms with Crippen LogP contribution < -0.4 is 15.1 Å². The molecule has 0 saturated carbocycles. The van der Waals surface area contributed by atoms with Gasteiger partial charge in [0.25, 0.3) is 0 Å². The standard InChI is InChI=1S/C11H20N6O2S/c1-12-9-13-10(16(2)3)15-11(14-9)17(4)8-5-6-20(18,19)7-8/h8H,5-7H2,1-4H3,(H,12,13,14,15). The summed E-state index contributed by atoms with van der Waals surface area (Å²) >= 11 is 0. The maximum absolute atomic E-state index is 11.6. The fourth-order valence-corrected chi connectivity index (χ4v) is 3.84. The van der Waals surface area contributed by atoms with E-state index in [1.165, 1.54) is 0 Å². The van der Waals surface area contributed by atoms with Crippen LogP contribution in [0.25, 0.3) is 0 Å². The Morgan fingerprint density at radius 3 is 2.30 bits per heavy atom. The Labute approximate surface area is 119 Å². The molecule has 1 aromatic heterocycles. The fourth-order valence-electron chi connectivity index (χ4n) is 2.07. The molecule has 9 heteroatoms. The van der Waals surface area contributed by atoms with Crippen LogP contribution in [0.4, 0.5) is 17.8 Å². The monoisotopic (exact) mass is 300 g/mol. The number of nitrogens with zero attached hydrogens (tertiary/aromatic N) is 5. The third-order valence-corrected chi connectivity index (χ3v) is 5.06. The van der Waals surface area contributed by atoms with Crippen molar-refractivity contribution < 1.29 is 8.42 Å². The van der Waals surface area contributed by atoms with Gasteiger partial charge in [-0.25, -0.2) is 8.42 Å². The van der Waals surface area contributed by atoms with Crippen LogP contribution in [0.5, 0.6) is 0 Å². The zero-order valence-electron chi connectivity index (χ0n) is 12.2. The highest BCUT2D eigenvalue weighted by molar-refractivity contribution is 7.91. The van der Waals surface area contributed by atoms with Crippen LogP contribution in [0.3, 0.4) is 0 Å². The van der Waals surface area contributed by atoms with Gasteiger partial charge in [-0.3, -0.25) is 0 Å². The van der Waals surface area contributed by atoms with Gasteiger partial charge in [0.15, 0.2) is 9.84 Å². The minimum atomic E-state index is -2.93. The molecule has 2 heterocycles. The number of anilines is 3. The number of hydrogen-bond donors (Lipinski definition) is 1. The quantitative estimate of drug-likeness (QED) is 0.803. The predicted octanol–water partition coefficient (Wildman–Crippen LogP) is -0.397. The lowest BCUT2D eigenvalue weighted by Gasteiger charge is -2.24. The predicted molar refractivity (Wildman–Crippen MR) is 79.2 cm³/mol. The minimum absolute atomic E-state index is 0.0814. The van der Waals surface area contributed by atoms with Crippen LogP contribution in [0, 0.1) is 0 Å². The van der Waals surface area contributed by atoms with Gasteiger partial charge < -0.3 is 15.1 Å². The van der Waals surface area contributed by atoms with Crippen molar-refractivity contribution in [2.24, 2.45) is 0 Å². The molecule has 1 unspecified atom stereocenters. The van der Waals surface area contributed by atoms with E-state index >= 15 is 0 Å². The molecule has 1 saturated heterocycles. The highest BCUT2D eigenvalue weighted by atomic mass is 32.2. The van der Waals surface area contributed by atoms with Crippen LogP contribution in [0.15, 0.2) is 0 Å². The summed E-state index contributed by atoms with van der Waals surface area (Å²) in [6.07, 6.45) is 0.608. The average molecular weight is 300 g/mol. The molecule has 0 aromatic carbocycles. The molecular formula is C11H20N6O2S. The summed E-state index contributed by atoms with van der Waals surface area (Å²) in [6.45, 7) is 0. The van der Waals surface area contributed by atoms with Gasteiger partial charge >= 0.3 is 0 Å². The lowest BCUT2D eigenvalue weighted by molar-refractivity contribution is 0.600. The van der Waals surface area contributed by atoms with Gasteiger partial charge in [-0.2, -0.15) is 15.0 Å². The first kappa shape index (κ1) is 14.8. The van der Waals surface area contributed by atoms with E-state index in [4.69, 9.17) is 0 Å². The molecule has 0 spiro atoms. The van der Waals surface area contributed by atoms with E-state index < -0.39 is 9.84 Å². The molecule has 20 heavy (non-hydrogen) atoms. The lowest BCUT2D eigenvalue weighted by Crippen LogP contribution is -2.34. The van der Waals surface area contributed by atoms with Crippen molar-refractivity contribution in [3.8, 4) is 0 Å². The van der Waals surface area contributed by atoms with Gasteiger partial charge in [0, 0.05) is 34.2 Å². The largest absolute Gasteiger partial charge is 0.357 e. The maximum atomic E-state index is 11.6. The summed E-state index contributed by atoms with van der Waals surface area (Å²) in [7, 11) is 4.32. The van der Waals surface area contributed by atoms with E-state index in [9.17, 15) is 8.42 Å². The van der Waals surface area contributed by atoms with Crippen molar-refractivity contribution in [3.63, 3.8) is 0 Å². The topological polar surface area (TPSA) is 91.3 Å². The number of rotatable bonds is 4. The molecule has 0 aliphatic carbocycles. The highest BCUT2D eigenvalue weighted by Gasteiger charge is 2.32. The van der Waals surface area contributed by atoms with E-state index in [2.05, 4.69) is 20.3 Å². The number of nitrogens with one attached hydrogen (secondary N) is 1. The molecule has 0 bridgehead atoms. The Morgan fingerprint density at radius 2 is 1.80 bits per heavy atom. The van der Waals surface area contributed by atoms with E-state index in [-0.39, 0.29) is 17.5 Å². The molecule has 1 fully saturated rings. The maximum Gasteiger partial charge on any atom is 0.231 e. The van der Waals surface area contributed by atoms with Crippen LogP contribution in [0.1, 0.15) is 6.42 Å². The summed E-state index contributed by atoms with van der Waals surface area (Å²) in [4.78, 5) is 16.5. The average Bonchev–Trinajstić information content (AvgIpc) is 2.77. The first-order chi connectivity index (χ1) is 9.32. The van der Waals surface area contributed by atoms with E-state index in [1.54, 1.807) is 11.9 Å². The van der Waals surface area contributed by atoms with Crippen LogP contribution >= 0.6 is 0 Å². The summed E-state index contributed by atoms with van der Waals surface area (Å²) in [5, 5.41) is 2.89. The van der Waals surface area contributed by atoms with Crippen molar-refractivity contribution in [2.45, 2.75) is 12.5 Å². The number of hydrogen-bond acceptors (Lipinski definition) is 8. The second kappa shape index (κ2) is 5.39. The van der Waals surface area contributed by atoms with E-state index in [0.29, 0.717) is 24.3 Å². The molecule has 8 nitrogen and oxygen atoms in total. The molecule has 1 N–H and O–H groups in total. The first-order valence-corrected chi connectivity index (χ1v) is 8.19. The van der Waals surface area contributed by atoms with Gasteiger partial charge in [-0.1, -0.05) is 0 Å². The third-order valence-electron chi connectivity index (χ3n) is 3.31. The molecule has 2 rings (SSSR count). The van der Waals surface area contributed by atoms with E-state index in [1.807, 2.05) is 26.0 Å². The van der Waals surface area contributed by atoms with Crippen LogP contribution in [-0.2, 0) is 9.84 Å². The SMILES string of the molecule is CNc1nc(N(C)C)nc(N(C)C2CCS(=O)(=O)C2)n1. The molecule has 0 radical (unpaired) electrons. The number of sulfone groups is 1. The minimum Gasteiger partial charge on any atom is -0.357 e. The van der Waals surface area contributed by atoms with Crippen molar-refractivity contribution in [1.29, 1.82) is 0 Å². The molecule has 0 amide bonds. The van der Waals surface area contributed by atoms with Crippen molar-refractivity contribution >= 4 is 27.7 Å². The van der Waals surface area contributed by atoms with Gasteiger partial charge in [0.1, 0.15) is 0 Å². The fraction of sp³-hybridized carbons (Fsp3) is 0.727. The van der Waals surface area contributed by atoms with Crippen LogP contribution in [0.2, 0.25) is 0 Å². The molecule has 1 aromatic rings. The summed E-state index contributed by atoms with van der Waals surface area (Å²) < 4.78 is 23.1. The van der Waals surface area contributed by atoms with Crippen molar-refractivity contribution in [1.82, 2.24) is 15.0 Å². The Morgan fingerprint density at radius 1 is 1.15 bits per heavy atom. The Bertz CT molecular complexity index is 589. The lowest BCUT2D eigenvalue weighted by atomic mass is 10.2. The van der Waals surface area contributed by atoms with Crippen molar-refractivity contribution in [3.05, 3.63) is 0 Å². The van der Waals surface area contributed by atoms with Gasteiger partial charge in [-0.15, -0.1) is 0 Å². The van der Waals surface area contributed by atoms with E-state index in [0.717, 1.165) is 0 Å². The van der Waals surface area contributed by atoms with Gasteiger partial charge in [-0.05, 0) is 6.42 Å². The normalized spacial score (nSPS) is 20.7. The molecule has 1 aliphatic heterocycles. The summed E-state index contributed by atoms with van der Waals surface area (Å²) in [5.41, 5.74) is 0. The van der Waals surface area contributed by atoms with Crippen molar-refractivity contribution in [2.75, 3.05) is 54.8 Å². The zero-order valence-corrected chi connectivity index (χ0v) is 13.0. The first-order valence-electron chi connectivity index (χ1n) is 6.37. The smallest absolute Gasteiger partial charge is 0.231 e. The second-order valence-electron chi connectivity index (χ2n) is 5.07. The Balaban J connectivity index is 2.29. The Kier molecular flexibility index (Phi) is 3.98. The number of aromatic nitrogens is 3. The molecule has 112 valence electrons. The zero-order chi connectivity index (χ0) is 14.9.